The molecule has 1 aliphatic carbocycles. The van der Waals surface area contributed by atoms with Crippen LogP contribution in [0.1, 0.15) is 61.7 Å². The van der Waals surface area contributed by atoms with Crippen molar-refractivity contribution in [1.29, 1.82) is 0 Å². The van der Waals surface area contributed by atoms with E-state index in [4.69, 9.17) is 0 Å². The molecule has 1 atom stereocenters. The minimum Gasteiger partial charge on any atom is -0.362 e. The fourth-order valence-electron chi connectivity index (χ4n) is 5.62. The highest BCUT2D eigenvalue weighted by Gasteiger charge is 2.44. The molecule has 1 aromatic carbocycles. The Labute approximate surface area is 177 Å². The van der Waals surface area contributed by atoms with Crippen LogP contribution in [-0.4, -0.2) is 58.9 Å². The van der Waals surface area contributed by atoms with Crippen molar-refractivity contribution in [3.63, 3.8) is 0 Å². The van der Waals surface area contributed by atoms with Gasteiger partial charge in [0.1, 0.15) is 5.66 Å². The lowest BCUT2D eigenvalue weighted by atomic mass is 9.91. The highest BCUT2D eigenvalue weighted by molar-refractivity contribution is 6.02. The molecule has 0 aromatic heterocycles. The lowest BCUT2D eigenvalue weighted by molar-refractivity contribution is -0.137. The zero-order valence-electron chi connectivity index (χ0n) is 17.4. The number of amides is 3. The van der Waals surface area contributed by atoms with Crippen LogP contribution < -0.4 is 10.6 Å². The van der Waals surface area contributed by atoms with Gasteiger partial charge >= 0.3 is 0 Å². The van der Waals surface area contributed by atoms with Crippen molar-refractivity contribution in [2.24, 2.45) is 5.92 Å². The van der Waals surface area contributed by atoms with Gasteiger partial charge in [0.25, 0.3) is 5.91 Å². The number of nitrogens with zero attached hydrogens (tertiary/aromatic N) is 2. The Morgan fingerprint density at radius 3 is 2.50 bits per heavy atom. The first kappa shape index (κ1) is 19.4. The summed E-state index contributed by atoms with van der Waals surface area (Å²) in [6.45, 7) is 1.75. The maximum atomic E-state index is 13.1. The molecule has 3 amide bonds. The number of nitrogens with one attached hydrogen (secondary N) is 2. The van der Waals surface area contributed by atoms with Gasteiger partial charge in [-0.25, -0.2) is 0 Å². The molecular weight excluding hydrogens is 380 g/mol. The molecule has 1 spiro atoms. The molecule has 30 heavy (non-hydrogen) atoms. The van der Waals surface area contributed by atoms with Gasteiger partial charge in [0.15, 0.2) is 0 Å². The first-order valence-corrected chi connectivity index (χ1v) is 11.3. The molecule has 3 aliphatic heterocycles. The number of piperidine rings is 1. The summed E-state index contributed by atoms with van der Waals surface area (Å²) < 4.78 is 0. The van der Waals surface area contributed by atoms with Crippen molar-refractivity contribution in [3.05, 3.63) is 29.8 Å². The number of fused-ring (bicyclic) bond motifs is 1. The van der Waals surface area contributed by atoms with E-state index in [1.165, 1.54) is 19.3 Å². The van der Waals surface area contributed by atoms with Crippen LogP contribution in [0.5, 0.6) is 0 Å². The van der Waals surface area contributed by atoms with Crippen LogP contribution in [0.25, 0.3) is 0 Å². The highest BCUT2D eigenvalue weighted by Crippen LogP contribution is 2.33. The topological polar surface area (TPSA) is 81.8 Å². The molecule has 4 aliphatic rings. The van der Waals surface area contributed by atoms with Crippen molar-refractivity contribution >= 4 is 23.4 Å². The second kappa shape index (κ2) is 7.60. The summed E-state index contributed by atoms with van der Waals surface area (Å²) in [4.78, 5) is 42.1. The normalized spacial score (nSPS) is 26.3. The Morgan fingerprint density at radius 1 is 1.00 bits per heavy atom. The molecule has 160 valence electrons. The molecule has 0 unspecified atom stereocenters. The monoisotopic (exact) mass is 410 g/mol. The van der Waals surface area contributed by atoms with E-state index >= 15 is 0 Å². The van der Waals surface area contributed by atoms with E-state index in [0.29, 0.717) is 50.5 Å². The third kappa shape index (κ3) is 3.44. The predicted molar refractivity (Wildman–Crippen MR) is 113 cm³/mol. The predicted octanol–water partition coefficient (Wildman–Crippen LogP) is 2.34. The molecule has 1 aromatic rings. The van der Waals surface area contributed by atoms with Gasteiger partial charge in [0.05, 0.1) is 11.5 Å². The van der Waals surface area contributed by atoms with E-state index in [2.05, 4.69) is 10.6 Å². The number of anilines is 1. The third-order valence-corrected chi connectivity index (χ3v) is 7.35. The standard InChI is InChI=1S/C23H30N4O3/c28-20-14-16(15-27(20)17-6-2-1-3-7-17)22(30)26-12-10-23(11-13-26)24-19-9-5-4-8-18(19)21(29)25-23/h4-5,8-9,16-17,24H,1-3,6-7,10-15H2,(H,25,29)/t16-/m1/s1. The number of para-hydroxylation sites is 1. The Hall–Kier alpha value is -2.57. The SMILES string of the molecule is O=C1NC2(CCN(C(=O)[C@@H]3CC(=O)N(C4CCCCC4)C3)CC2)Nc2ccccc21. The van der Waals surface area contributed by atoms with E-state index in [1.807, 2.05) is 34.1 Å². The molecule has 2 N–H and O–H groups in total. The van der Waals surface area contributed by atoms with Crippen LogP contribution in [-0.2, 0) is 9.59 Å². The zero-order chi connectivity index (χ0) is 20.7. The largest absolute Gasteiger partial charge is 0.362 e. The Balaban J connectivity index is 1.20. The summed E-state index contributed by atoms with van der Waals surface area (Å²) in [7, 11) is 0. The average molecular weight is 411 g/mol. The molecule has 7 heteroatoms. The quantitative estimate of drug-likeness (QED) is 0.784. The van der Waals surface area contributed by atoms with E-state index in [-0.39, 0.29) is 23.6 Å². The van der Waals surface area contributed by atoms with E-state index < -0.39 is 5.66 Å². The second-order valence-corrected chi connectivity index (χ2v) is 9.27. The van der Waals surface area contributed by atoms with Crippen molar-refractivity contribution in [1.82, 2.24) is 15.1 Å². The molecule has 3 fully saturated rings. The van der Waals surface area contributed by atoms with Gasteiger partial charge < -0.3 is 20.4 Å². The van der Waals surface area contributed by atoms with Gasteiger partial charge in [0.2, 0.25) is 11.8 Å². The molecule has 0 radical (unpaired) electrons. The van der Waals surface area contributed by atoms with Crippen molar-refractivity contribution in [2.45, 2.75) is 63.1 Å². The van der Waals surface area contributed by atoms with E-state index in [9.17, 15) is 14.4 Å². The molecule has 2 saturated heterocycles. The Bertz CT molecular complexity index is 856. The maximum absolute atomic E-state index is 13.1. The van der Waals surface area contributed by atoms with Gasteiger partial charge in [-0.2, -0.15) is 0 Å². The number of carbonyl (C=O) groups is 3. The molecule has 3 heterocycles. The number of hydrogen-bond acceptors (Lipinski definition) is 4. The highest BCUT2D eigenvalue weighted by atomic mass is 16.2. The Morgan fingerprint density at radius 2 is 1.73 bits per heavy atom. The van der Waals surface area contributed by atoms with Crippen molar-refractivity contribution in [2.75, 3.05) is 25.0 Å². The molecule has 0 bridgehead atoms. The van der Waals surface area contributed by atoms with Crippen LogP contribution in [0.3, 0.4) is 0 Å². The molecule has 7 nitrogen and oxygen atoms in total. The van der Waals surface area contributed by atoms with Crippen molar-refractivity contribution in [3.8, 4) is 0 Å². The number of carbonyl (C=O) groups excluding carboxylic acids is 3. The smallest absolute Gasteiger partial charge is 0.255 e. The molecule has 5 rings (SSSR count). The zero-order valence-corrected chi connectivity index (χ0v) is 17.4. The summed E-state index contributed by atoms with van der Waals surface area (Å²) in [6, 6.07) is 7.86. The second-order valence-electron chi connectivity index (χ2n) is 9.27. The average Bonchev–Trinajstić information content (AvgIpc) is 3.16. The van der Waals surface area contributed by atoms with Gasteiger partial charge in [-0.3, -0.25) is 14.4 Å². The minimum absolute atomic E-state index is 0.0614. The van der Waals surface area contributed by atoms with Crippen LogP contribution in [0.4, 0.5) is 5.69 Å². The maximum Gasteiger partial charge on any atom is 0.255 e. The lowest BCUT2D eigenvalue weighted by Crippen LogP contribution is -2.63. The number of hydrogen-bond donors (Lipinski definition) is 2. The van der Waals surface area contributed by atoms with Gasteiger partial charge in [-0.1, -0.05) is 31.4 Å². The fourth-order valence-corrected chi connectivity index (χ4v) is 5.62. The van der Waals surface area contributed by atoms with Gasteiger partial charge in [-0.05, 0) is 25.0 Å². The molecular formula is C23H30N4O3. The van der Waals surface area contributed by atoms with E-state index in [0.717, 1.165) is 18.5 Å². The summed E-state index contributed by atoms with van der Waals surface area (Å²) in [5, 5.41) is 6.62. The number of benzene rings is 1. The minimum atomic E-state index is -0.498. The first-order chi connectivity index (χ1) is 14.5. The third-order valence-electron chi connectivity index (χ3n) is 7.35. The van der Waals surface area contributed by atoms with Crippen LogP contribution in [0.2, 0.25) is 0 Å². The van der Waals surface area contributed by atoms with Gasteiger partial charge in [-0.15, -0.1) is 0 Å². The first-order valence-electron chi connectivity index (χ1n) is 11.3. The Kier molecular flexibility index (Phi) is 4.91. The van der Waals surface area contributed by atoms with Crippen LogP contribution in [0.15, 0.2) is 24.3 Å². The fraction of sp³-hybridized carbons (Fsp3) is 0.609. The van der Waals surface area contributed by atoms with E-state index in [1.54, 1.807) is 0 Å². The van der Waals surface area contributed by atoms with Crippen LogP contribution >= 0.6 is 0 Å². The van der Waals surface area contributed by atoms with Gasteiger partial charge in [0, 0.05) is 50.6 Å². The summed E-state index contributed by atoms with van der Waals surface area (Å²) in [5.41, 5.74) is 1.02. The summed E-state index contributed by atoms with van der Waals surface area (Å²) >= 11 is 0. The van der Waals surface area contributed by atoms with Crippen molar-refractivity contribution < 1.29 is 14.4 Å². The van der Waals surface area contributed by atoms with Crippen LogP contribution in [0, 0.1) is 5.92 Å². The number of likely N-dealkylation sites (tertiary alicyclic amines) is 2. The summed E-state index contributed by atoms with van der Waals surface area (Å²) in [6.07, 6.45) is 7.44. The number of rotatable bonds is 2. The molecule has 1 saturated carbocycles. The summed E-state index contributed by atoms with van der Waals surface area (Å²) in [5.74, 6) is -0.0395. The lowest BCUT2D eigenvalue weighted by Gasteiger charge is -2.46.